The number of nitrogens with one attached hydrogen (secondary N) is 4. The van der Waals surface area contributed by atoms with Crippen LogP contribution in [0.5, 0.6) is 0 Å². The zero-order chi connectivity index (χ0) is 45.4. The van der Waals surface area contributed by atoms with Crippen LogP contribution in [0.25, 0.3) is 0 Å². The van der Waals surface area contributed by atoms with E-state index in [0.717, 1.165) is 13.8 Å². The van der Waals surface area contributed by atoms with Crippen LogP contribution in [0, 0.1) is 0 Å². The molecule has 62 heavy (non-hydrogen) atoms. The molecule has 0 spiro atoms. The van der Waals surface area contributed by atoms with Gasteiger partial charge < -0.3 is 21.3 Å². The summed E-state index contributed by atoms with van der Waals surface area (Å²) in [7, 11) is 0. The average molecular weight is 998 g/mol. The number of anilines is 4. The maximum absolute atomic E-state index is 13.3. The average Bonchev–Trinajstić information content (AvgIpc) is 3.22. The van der Waals surface area contributed by atoms with Crippen LogP contribution in [0.2, 0.25) is 40.2 Å². The predicted molar refractivity (Wildman–Crippen MR) is 243 cm³/mol. The number of hydrogen-bond donors (Lipinski definition) is 4. The van der Waals surface area contributed by atoms with Gasteiger partial charge >= 0.3 is 0 Å². The molecule has 0 aliphatic rings. The molecule has 0 fully saturated rings. The monoisotopic (exact) mass is 994 g/mol. The van der Waals surface area contributed by atoms with Crippen molar-refractivity contribution in [3.05, 3.63) is 136 Å². The van der Waals surface area contributed by atoms with E-state index >= 15 is 0 Å². The number of hydrogen-bond acceptors (Lipinski definition) is 10. The highest BCUT2D eigenvalue weighted by Crippen LogP contribution is 2.38. The Morgan fingerprint density at radius 1 is 0.419 bits per heavy atom. The van der Waals surface area contributed by atoms with Crippen molar-refractivity contribution in [1.82, 2.24) is 0 Å². The van der Waals surface area contributed by atoms with Gasteiger partial charge in [-0.3, -0.25) is 28.8 Å². The Kier molecular flexibility index (Phi) is 16.4. The second-order valence-electron chi connectivity index (χ2n) is 12.6. The lowest BCUT2D eigenvalue weighted by molar-refractivity contribution is -0.127. The number of halogens is 8. The van der Waals surface area contributed by atoms with E-state index in [4.69, 9.17) is 92.8 Å². The molecular weight excluding hydrogens is 972 g/mol. The number of ketones is 2. The Balaban J connectivity index is 1.27. The number of amides is 4. The number of carbonyl (C=O) groups excluding carboxylic acids is 6. The van der Waals surface area contributed by atoms with Crippen LogP contribution in [0.3, 0.4) is 0 Å². The summed E-state index contributed by atoms with van der Waals surface area (Å²) in [5.41, 5.74) is 0.161. The molecule has 0 aliphatic carbocycles. The van der Waals surface area contributed by atoms with Crippen molar-refractivity contribution in [2.24, 2.45) is 20.5 Å². The first kappa shape index (κ1) is 47.9. The second-order valence-corrected chi connectivity index (χ2v) is 15.7. The van der Waals surface area contributed by atoms with Gasteiger partial charge in [0.05, 0.1) is 74.1 Å². The fourth-order valence-electron chi connectivity index (χ4n) is 5.15. The predicted octanol–water partition coefficient (Wildman–Crippen LogP) is 12.8. The van der Waals surface area contributed by atoms with Crippen LogP contribution >= 0.6 is 92.8 Å². The molecule has 318 valence electrons. The molecule has 0 saturated heterocycles. The first-order valence-corrected chi connectivity index (χ1v) is 20.4. The van der Waals surface area contributed by atoms with Crippen molar-refractivity contribution >= 4 is 162 Å². The van der Waals surface area contributed by atoms with E-state index in [0.29, 0.717) is 0 Å². The lowest BCUT2D eigenvalue weighted by Crippen LogP contribution is -2.32. The van der Waals surface area contributed by atoms with E-state index in [1.54, 1.807) is 24.3 Å². The third-order valence-electron chi connectivity index (χ3n) is 8.27. The summed E-state index contributed by atoms with van der Waals surface area (Å²) in [6.07, 6.45) is 0. The molecule has 0 saturated carbocycles. The highest BCUT2D eigenvalue weighted by Gasteiger charge is 2.28. The van der Waals surface area contributed by atoms with Gasteiger partial charge in [-0.1, -0.05) is 117 Å². The van der Waals surface area contributed by atoms with E-state index in [1.807, 2.05) is 0 Å². The molecule has 5 aromatic rings. The van der Waals surface area contributed by atoms with Gasteiger partial charge in [-0.05, 0) is 74.5 Å². The normalized spacial score (nSPS) is 12.2. The number of azo groups is 2. The van der Waals surface area contributed by atoms with Gasteiger partial charge in [0.15, 0.2) is 11.6 Å². The summed E-state index contributed by atoms with van der Waals surface area (Å²) in [6.45, 7) is 2.19. The molecule has 0 aromatic heterocycles. The maximum atomic E-state index is 13.3. The Hall–Kier alpha value is -5.16. The van der Waals surface area contributed by atoms with E-state index in [9.17, 15) is 28.8 Å². The molecule has 5 rings (SSSR count). The highest BCUT2D eigenvalue weighted by molar-refractivity contribution is 6.46. The Morgan fingerprint density at radius 3 is 1.11 bits per heavy atom. The summed E-state index contributed by atoms with van der Waals surface area (Å²) in [4.78, 5) is 77.7. The van der Waals surface area contributed by atoms with Gasteiger partial charge in [-0.15, -0.1) is 0 Å². The topological polar surface area (TPSA) is 200 Å². The third-order valence-corrected chi connectivity index (χ3v) is 11.6. The molecular formula is C40H26Cl8N8O6. The largest absolute Gasteiger partial charge is 0.322 e. The number of benzene rings is 5. The number of rotatable bonds is 14. The van der Waals surface area contributed by atoms with Gasteiger partial charge in [-0.2, -0.15) is 20.5 Å². The first-order valence-electron chi connectivity index (χ1n) is 17.4. The zero-order valence-corrected chi connectivity index (χ0v) is 37.5. The van der Waals surface area contributed by atoms with Crippen LogP contribution in [0.4, 0.5) is 34.1 Å². The third kappa shape index (κ3) is 11.4. The first-order chi connectivity index (χ1) is 29.4. The highest BCUT2D eigenvalue weighted by atomic mass is 35.5. The number of nitrogens with zero attached hydrogens (tertiary/aromatic N) is 4. The van der Waals surface area contributed by atoms with E-state index in [-0.39, 0.29) is 85.4 Å². The summed E-state index contributed by atoms with van der Waals surface area (Å²) in [5.74, 6) is -4.69. The standard InChI is InChI=1S/C40H26Cl8N8O6/c1-17(57)35(55-53-27-13-3-7-19(29(27)43)37(59)49-23-11-5-9-21(41)31(23)45)39(61)51-25-15-16-26(34(48)33(25)47)52-40(62)36(18(2)58)56-54-28-14-4-8-20(30(28)44)38(60)50-24-12-6-10-22(42)32(24)46/h3-16,35-36H,1-2H3,(H,49,59)(H,50,60)(H,51,61)(H,52,62). The molecule has 2 atom stereocenters. The van der Waals surface area contributed by atoms with Crippen LogP contribution in [-0.2, 0) is 19.2 Å². The fraction of sp³-hybridized carbons (Fsp3) is 0.100. The van der Waals surface area contributed by atoms with Gasteiger partial charge in [0.1, 0.15) is 11.4 Å². The Bertz CT molecular complexity index is 2530. The minimum Gasteiger partial charge on any atom is -0.322 e. The summed E-state index contributed by atoms with van der Waals surface area (Å²) in [6, 6.07) is 17.0. The Morgan fingerprint density at radius 2 is 0.758 bits per heavy atom. The lowest BCUT2D eigenvalue weighted by atomic mass is 10.1. The van der Waals surface area contributed by atoms with E-state index in [1.165, 1.54) is 60.7 Å². The fourth-order valence-corrected chi connectivity index (χ4v) is 6.76. The molecule has 0 heterocycles. The molecule has 5 aromatic carbocycles. The molecule has 2 unspecified atom stereocenters. The van der Waals surface area contributed by atoms with Crippen LogP contribution in [-0.4, -0.2) is 47.3 Å². The van der Waals surface area contributed by atoms with Crippen LogP contribution in [0.15, 0.2) is 105 Å². The van der Waals surface area contributed by atoms with Crippen molar-refractivity contribution in [2.45, 2.75) is 25.9 Å². The van der Waals surface area contributed by atoms with Crippen molar-refractivity contribution < 1.29 is 28.8 Å². The smallest absolute Gasteiger partial charge is 0.258 e. The second kappa shape index (κ2) is 21.3. The SMILES string of the molecule is CC(=O)C(N=Nc1cccc(C(=O)Nc2cccc(Cl)c2Cl)c1Cl)C(=O)Nc1ccc(NC(=O)C(N=Nc2cccc(C(=O)Nc3cccc(Cl)c3Cl)c2Cl)C(C)=O)c(Cl)c1Cl. The van der Waals surface area contributed by atoms with Gasteiger partial charge in [0.2, 0.25) is 12.1 Å². The van der Waals surface area contributed by atoms with Crippen molar-refractivity contribution in [2.75, 3.05) is 21.3 Å². The molecule has 14 nitrogen and oxygen atoms in total. The minimum atomic E-state index is -1.71. The molecule has 0 bridgehead atoms. The number of Topliss-reactive ketones (excluding diaryl/α,β-unsaturated/α-hetero) is 2. The molecule has 0 radical (unpaired) electrons. The van der Waals surface area contributed by atoms with Gasteiger partial charge in [0, 0.05) is 0 Å². The maximum Gasteiger partial charge on any atom is 0.258 e. The molecule has 4 N–H and O–H groups in total. The van der Waals surface area contributed by atoms with Crippen molar-refractivity contribution in [3.63, 3.8) is 0 Å². The summed E-state index contributed by atoms with van der Waals surface area (Å²) in [5, 5.41) is 25.6. The summed E-state index contributed by atoms with van der Waals surface area (Å²) < 4.78 is 0. The van der Waals surface area contributed by atoms with Crippen LogP contribution < -0.4 is 21.3 Å². The van der Waals surface area contributed by atoms with Gasteiger partial charge in [0.25, 0.3) is 23.6 Å². The van der Waals surface area contributed by atoms with Crippen molar-refractivity contribution in [3.8, 4) is 0 Å². The van der Waals surface area contributed by atoms with Crippen LogP contribution in [0.1, 0.15) is 34.6 Å². The number of carbonyl (C=O) groups is 6. The Labute approximate surface area is 392 Å². The van der Waals surface area contributed by atoms with E-state index in [2.05, 4.69) is 41.7 Å². The van der Waals surface area contributed by atoms with Gasteiger partial charge in [-0.25, -0.2) is 0 Å². The van der Waals surface area contributed by atoms with E-state index < -0.39 is 47.3 Å². The molecule has 0 aliphatic heterocycles. The zero-order valence-electron chi connectivity index (χ0n) is 31.5. The lowest BCUT2D eigenvalue weighted by Gasteiger charge is -2.15. The molecule has 4 amide bonds. The summed E-state index contributed by atoms with van der Waals surface area (Å²) >= 11 is 50.3. The van der Waals surface area contributed by atoms with Crippen molar-refractivity contribution in [1.29, 1.82) is 0 Å². The molecule has 22 heteroatoms. The minimum absolute atomic E-state index is 0.0212. The quantitative estimate of drug-likeness (QED) is 0.0630.